The molecule has 0 aliphatic carbocycles. The van der Waals surface area contributed by atoms with Gasteiger partial charge >= 0.3 is 6.36 Å². The SMILES string of the molecule is FC(F)(F)Oc1ccc(Cl)cc1COc1cccc2onc(Nc3cccnc3)c12. The van der Waals surface area contributed by atoms with E-state index in [1.54, 1.807) is 42.7 Å². The maximum absolute atomic E-state index is 12.7. The summed E-state index contributed by atoms with van der Waals surface area (Å²) in [6, 6.07) is 12.4. The van der Waals surface area contributed by atoms with Gasteiger partial charge in [-0.15, -0.1) is 13.2 Å². The number of nitrogens with zero attached hydrogens (tertiary/aromatic N) is 2. The van der Waals surface area contributed by atoms with Crippen molar-refractivity contribution in [3.8, 4) is 11.5 Å². The largest absolute Gasteiger partial charge is 0.573 e. The van der Waals surface area contributed by atoms with Gasteiger partial charge < -0.3 is 19.3 Å². The van der Waals surface area contributed by atoms with Gasteiger partial charge in [0.1, 0.15) is 23.5 Å². The molecule has 0 saturated carbocycles. The van der Waals surface area contributed by atoms with Crippen molar-refractivity contribution in [2.75, 3.05) is 5.32 Å². The normalized spacial score (nSPS) is 11.5. The molecule has 0 aliphatic heterocycles. The second kappa shape index (κ2) is 8.11. The lowest BCUT2D eigenvalue weighted by Gasteiger charge is -2.14. The summed E-state index contributed by atoms with van der Waals surface area (Å²) in [6.45, 7) is -0.220. The van der Waals surface area contributed by atoms with Crippen molar-refractivity contribution in [1.82, 2.24) is 10.1 Å². The van der Waals surface area contributed by atoms with E-state index in [2.05, 4.69) is 20.2 Å². The van der Waals surface area contributed by atoms with Gasteiger partial charge in [-0.25, -0.2) is 0 Å². The van der Waals surface area contributed by atoms with Crippen molar-refractivity contribution in [1.29, 1.82) is 0 Å². The van der Waals surface area contributed by atoms with Crippen LogP contribution in [0.3, 0.4) is 0 Å². The highest BCUT2D eigenvalue weighted by Gasteiger charge is 2.32. The summed E-state index contributed by atoms with van der Waals surface area (Å²) in [5.41, 5.74) is 1.25. The summed E-state index contributed by atoms with van der Waals surface area (Å²) in [7, 11) is 0. The molecule has 0 unspecified atom stereocenters. The van der Waals surface area contributed by atoms with Gasteiger partial charge in [-0.05, 0) is 42.5 Å². The van der Waals surface area contributed by atoms with E-state index in [4.69, 9.17) is 20.9 Å². The Labute approximate surface area is 173 Å². The van der Waals surface area contributed by atoms with Gasteiger partial charge in [0.2, 0.25) is 0 Å². The van der Waals surface area contributed by atoms with Gasteiger partial charge in [0.05, 0.1) is 11.9 Å². The second-order valence-corrected chi connectivity index (χ2v) is 6.55. The van der Waals surface area contributed by atoms with Crippen molar-refractivity contribution in [3.63, 3.8) is 0 Å². The molecule has 2 aromatic carbocycles. The van der Waals surface area contributed by atoms with E-state index in [0.29, 0.717) is 28.2 Å². The highest BCUT2D eigenvalue weighted by atomic mass is 35.5. The summed E-state index contributed by atoms with van der Waals surface area (Å²) in [5, 5.41) is 7.86. The van der Waals surface area contributed by atoms with E-state index in [0.717, 1.165) is 6.07 Å². The van der Waals surface area contributed by atoms with Gasteiger partial charge in [0, 0.05) is 16.8 Å². The molecule has 154 valence electrons. The standard InChI is InChI=1S/C20H13ClF3N3O3/c21-13-6-7-15(29-20(22,23)24)12(9-13)11-28-16-4-1-5-17-18(16)19(27-30-17)26-14-3-2-8-25-10-14/h1-10H,11H2,(H,26,27). The fourth-order valence-electron chi connectivity index (χ4n) is 2.78. The van der Waals surface area contributed by atoms with Crippen LogP contribution >= 0.6 is 11.6 Å². The first-order chi connectivity index (χ1) is 14.4. The molecule has 2 aromatic heterocycles. The third kappa shape index (κ3) is 4.57. The molecule has 10 heteroatoms. The summed E-state index contributed by atoms with van der Waals surface area (Å²) < 4.78 is 53.2. The van der Waals surface area contributed by atoms with Crippen molar-refractivity contribution in [3.05, 3.63) is 71.5 Å². The van der Waals surface area contributed by atoms with Gasteiger partial charge in [0.15, 0.2) is 11.4 Å². The molecule has 0 fully saturated rings. The number of fused-ring (bicyclic) bond motifs is 1. The molecule has 1 N–H and O–H groups in total. The molecular formula is C20H13ClF3N3O3. The Morgan fingerprint density at radius 1 is 1.07 bits per heavy atom. The maximum Gasteiger partial charge on any atom is 0.573 e. The number of halogens is 4. The van der Waals surface area contributed by atoms with Crippen LogP contribution in [0.1, 0.15) is 5.56 Å². The molecule has 4 rings (SSSR count). The highest BCUT2D eigenvalue weighted by Crippen LogP contribution is 2.35. The molecule has 0 amide bonds. The molecule has 0 aliphatic rings. The lowest BCUT2D eigenvalue weighted by molar-refractivity contribution is -0.275. The Morgan fingerprint density at radius 2 is 1.93 bits per heavy atom. The van der Waals surface area contributed by atoms with E-state index in [1.165, 1.54) is 12.1 Å². The van der Waals surface area contributed by atoms with Crippen LogP contribution in [0.4, 0.5) is 24.7 Å². The van der Waals surface area contributed by atoms with Crippen molar-refractivity contribution >= 4 is 34.1 Å². The van der Waals surface area contributed by atoms with Gasteiger partial charge in [-0.3, -0.25) is 4.98 Å². The quantitative estimate of drug-likeness (QED) is 0.395. The first-order valence-electron chi connectivity index (χ1n) is 8.61. The summed E-state index contributed by atoms with van der Waals surface area (Å²) in [6.07, 6.45) is -1.60. The Morgan fingerprint density at radius 3 is 2.70 bits per heavy atom. The van der Waals surface area contributed by atoms with Crippen LogP contribution in [0.15, 0.2) is 65.4 Å². The topological polar surface area (TPSA) is 69.4 Å². The number of nitrogens with one attached hydrogen (secondary N) is 1. The number of benzene rings is 2. The first kappa shape index (κ1) is 19.8. The molecule has 0 atom stereocenters. The van der Waals surface area contributed by atoms with Crippen molar-refractivity contribution in [2.45, 2.75) is 13.0 Å². The van der Waals surface area contributed by atoms with Crippen LogP contribution in [0, 0.1) is 0 Å². The molecule has 0 radical (unpaired) electrons. The van der Waals surface area contributed by atoms with Gasteiger partial charge in [0.25, 0.3) is 0 Å². The van der Waals surface area contributed by atoms with E-state index in [1.807, 2.05) is 0 Å². The fourth-order valence-corrected chi connectivity index (χ4v) is 2.98. The number of hydrogen-bond donors (Lipinski definition) is 1. The van der Waals surface area contributed by atoms with Crippen LogP contribution in [-0.4, -0.2) is 16.5 Å². The summed E-state index contributed by atoms with van der Waals surface area (Å²) in [4.78, 5) is 4.02. The lowest BCUT2D eigenvalue weighted by atomic mass is 10.2. The molecule has 30 heavy (non-hydrogen) atoms. The number of anilines is 2. The number of pyridine rings is 1. The van der Waals surface area contributed by atoms with E-state index in [9.17, 15) is 13.2 Å². The smallest absolute Gasteiger partial charge is 0.488 e. The number of ether oxygens (including phenoxy) is 2. The molecule has 4 aromatic rings. The Hall–Kier alpha value is -3.46. The predicted molar refractivity (Wildman–Crippen MR) is 104 cm³/mol. The zero-order chi connectivity index (χ0) is 21.1. The van der Waals surface area contributed by atoms with Gasteiger partial charge in [-0.2, -0.15) is 0 Å². The Bertz CT molecular complexity index is 1170. The predicted octanol–water partition coefficient (Wildman–Crippen LogP) is 6.10. The maximum atomic E-state index is 12.7. The second-order valence-electron chi connectivity index (χ2n) is 6.12. The van der Waals surface area contributed by atoms with Crippen molar-refractivity contribution in [2.24, 2.45) is 0 Å². The van der Waals surface area contributed by atoms with Crippen LogP contribution in [0.5, 0.6) is 11.5 Å². The fraction of sp³-hybridized carbons (Fsp3) is 0.100. The average molecular weight is 436 g/mol. The number of aromatic nitrogens is 2. The van der Waals surface area contributed by atoms with Crippen molar-refractivity contribution < 1.29 is 27.2 Å². The lowest BCUT2D eigenvalue weighted by Crippen LogP contribution is -2.18. The number of rotatable bonds is 6. The summed E-state index contributed by atoms with van der Waals surface area (Å²) >= 11 is 5.93. The Balaban J connectivity index is 1.62. The number of alkyl halides is 3. The minimum atomic E-state index is -4.84. The minimum absolute atomic E-state index is 0.134. The van der Waals surface area contributed by atoms with E-state index >= 15 is 0 Å². The highest BCUT2D eigenvalue weighted by molar-refractivity contribution is 6.30. The van der Waals surface area contributed by atoms with E-state index in [-0.39, 0.29) is 17.2 Å². The molecule has 0 spiro atoms. The van der Waals surface area contributed by atoms with E-state index < -0.39 is 12.1 Å². The molecule has 6 nitrogen and oxygen atoms in total. The molecule has 2 heterocycles. The number of hydrogen-bond acceptors (Lipinski definition) is 6. The molecule has 0 saturated heterocycles. The van der Waals surface area contributed by atoms with Crippen LogP contribution in [0.2, 0.25) is 5.02 Å². The molecular weight excluding hydrogens is 423 g/mol. The van der Waals surface area contributed by atoms with Gasteiger partial charge in [-0.1, -0.05) is 22.8 Å². The first-order valence-corrected chi connectivity index (χ1v) is 8.99. The van der Waals surface area contributed by atoms with Crippen LogP contribution < -0.4 is 14.8 Å². The van der Waals surface area contributed by atoms with Crippen LogP contribution in [0.25, 0.3) is 11.0 Å². The minimum Gasteiger partial charge on any atom is -0.488 e. The molecule has 0 bridgehead atoms. The third-order valence-corrected chi connectivity index (χ3v) is 4.25. The monoisotopic (exact) mass is 435 g/mol. The average Bonchev–Trinajstić information content (AvgIpc) is 3.11. The zero-order valence-electron chi connectivity index (χ0n) is 15.1. The third-order valence-electron chi connectivity index (χ3n) is 4.02. The van der Waals surface area contributed by atoms with Crippen LogP contribution in [-0.2, 0) is 6.61 Å². The zero-order valence-corrected chi connectivity index (χ0v) is 15.9. The summed E-state index contributed by atoms with van der Waals surface area (Å²) in [5.74, 6) is 0.350. The Kier molecular flexibility index (Phi) is 5.37.